The highest BCUT2D eigenvalue weighted by molar-refractivity contribution is 7.17. The monoisotopic (exact) mass is 305 g/mol. The van der Waals surface area contributed by atoms with Crippen LogP contribution in [0, 0.1) is 11.8 Å². The summed E-state index contributed by atoms with van der Waals surface area (Å²) in [5, 5.41) is 5.33. The van der Waals surface area contributed by atoms with Gasteiger partial charge in [0.1, 0.15) is 10.5 Å². The summed E-state index contributed by atoms with van der Waals surface area (Å²) in [6.07, 6.45) is 6.75. The van der Waals surface area contributed by atoms with E-state index in [2.05, 4.69) is 22.2 Å². The number of aromatic nitrogens is 2. The summed E-state index contributed by atoms with van der Waals surface area (Å²) in [6, 6.07) is 1.90. The Morgan fingerprint density at radius 3 is 3.00 bits per heavy atom. The van der Waals surface area contributed by atoms with Crippen LogP contribution in [0.2, 0.25) is 0 Å². The van der Waals surface area contributed by atoms with E-state index < -0.39 is 0 Å². The van der Waals surface area contributed by atoms with E-state index in [1.807, 2.05) is 11.4 Å². The zero-order valence-corrected chi connectivity index (χ0v) is 13.3. The quantitative estimate of drug-likeness (QED) is 0.833. The molecule has 1 fully saturated rings. The molecule has 0 atom stereocenters. The van der Waals surface area contributed by atoms with E-state index in [0.29, 0.717) is 6.54 Å². The predicted octanol–water partition coefficient (Wildman–Crippen LogP) is 3.29. The molecule has 0 bridgehead atoms. The van der Waals surface area contributed by atoms with Crippen LogP contribution in [-0.4, -0.2) is 16.5 Å². The van der Waals surface area contributed by atoms with E-state index in [-0.39, 0.29) is 5.56 Å². The van der Waals surface area contributed by atoms with E-state index >= 15 is 0 Å². The summed E-state index contributed by atoms with van der Waals surface area (Å²) < 4.78 is 0.718. The molecule has 1 aliphatic rings. The lowest BCUT2D eigenvalue weighted by atomic mass is 9.81. The summed E-state index contributed by atoms with van der Waals surface area (Å²) in [6.45, 7) is 4.01. The highest BCUT2D eigenvalue weighted by Gasteiger charge is 2.17. The second-order valence-electron chi connectivity index (χ2n) is 6.24. The molecule has 0 saturated heterocycles. The van der Waals surface area contributed by atoms with Crippen molar-refractivity contribution >= 4 is 21.6 Å². The molecule has 2 aromatic heterocycles. The highest BCUT2D eigenvalue weighted by atomic mass is 32.1. The van der Waals surface area contributed by atoms with Crippen molar-refractivity contribution in [3.63, 3.8) is 0 Å². The normalized spacial score (nSPS) is 22.7. The van der Waals surface area contributed by atoms with Crippen molar-refractivity contribution in [1.29, 1.82) is 0 Å². The molecule has 2 aromatic rings. The molecule has 0 aromatic carbocycles. The van der Waals surface area contributed by atoms with Gasteiger partial charge in [-0.05, 0) is 36.2 Å². The molecular formula is C16H23N3OS. The first-order valence-electron chi connectivity index (χ1n) is 7.89. The summed E-state index contributed by atoms with van der Waals surface area (Å²) in [4.78, 5) is 19.2. The lowest BCUT2D eigenvalue weighted by molar-refractivity contribution is 0.275. The minimum absolute atomic E-state index is 0.0203. The largest absolute Gasteiger partial charge is 0.310 e. The third kappa shape index (κ3) is 3.71. The predicted molar refractivity (Wildman–Crippen MR) is 87.7 cm³/mol. The number of hydrogen-bond acceptors (Lipinski definition) is 4. The van der Waals surface area contributed by atoms with Gasteiger partial charge in [0.2, 0.25) is 0 Å². The van der Waals surface area contributed by atoms with Crippen LogP contribution < -0.4 is 10.9 Å². The first-order valence-corrected chi connectivity index (χ1v) is 8.77. The van der Waals surface area contributed by atoms with Crippen molar-refractivity contribution in [2.45, 2.75) is 45.6 Å². The Kier molecular flexibility index (Phi) is 4.70. The zero-order chi connectivity index (χ0) is 14.7. The standard InChI is InChI=1S/C16H23N3OS/c1-11-2-4-12(5-3-11)6-8-17-10-14-18-13-7-9-21-15(13)16(20)19-14/h7,9,11-12,17H,2-6,8,10H2,1H3,(H,18,19,20). The molecule has 2 N–H and O–H groups in total. The van der Waals surface area contributed by atoms with Crippen molar-refractivity contribution in [2.75, 3.05) is 6.54 Å². The molecule has 21 heavy (non-hydrogen) atoms. The van der Waals surface area contributed by atoms with Gasteiger partial charge in [0.15, 0.2) is 0 Å². The smallest absolute Gasteiger partial charge is 0.268 e. The van der Waals surface area contributed by atoms with Gasteiger partial charge in [-0.1, -0.05) is 32.6 Å². The minimum Gasteiger partial charge on any atom is -0.310 e. The van der Waals surface area contributed by atoms with Crippen molar-refractivity contribution in [2.24, 2.45) is 11.8 Å². The molecule has 3 rings (SSSR count). The van der Waals surface area contributed by atoms with Gasteiger partial charge < -0.3 is 10.3 Å². The van der Waals surface area contributed by atoms with Crippen molar-refractivity contribution in [1.82, 2.24) is 15.3 Å². The van der Waals surface area contributed by atoms with Crippen LogP contribution in [0.25, 0.3) is 10.2 Å². The molecule has 0 amide bonds. The van der Waals surface area contributed by atoms with Crippen LogP contribution in [0.5, 0.6) is 0 Å². The Morgan fingerprint density at radius 2 is 2.19 bits per heavy atom. The van der Waals surface area contributed by atoms with Crippen LogP contribution in [0.3, 0.4) is 0 Å². The summed E-state index contributed by atoms with van der Waals surface area (Å²) >= 11 is 1.44. The van der Waals surface area contributed by atoms with Gasteiger partial charge in [-0.3, -0.25) is 4.79 Å². The lowest BCUT2D eigenvalue weighted by Gasteiger charge is -2.26. The van der Waals surface area contributed by atoms with E-state index in [1.165, 1.54) is 43.4 Å². The second-order valence-corrected chi connectivity index (χ2v) is 7.16. The molecule has 0 aliphatic heterocycles. The van der Waals surface area contributed by atoms with Gasteiger partial charge in [0, 0.05) is 0 Å². The summed E-state index contributed by atoms with van der Waals surface area (Å²) in [5.41, 5.74) is 0.787. The molecule has 0 unspecified atom stereocenters. The number of H-pyrrole nitrogens is 1. The highest BCUT2D eigenvalue weighted by Crippen LogP contribution is 2.29. The van der Waals surface area contributed by atoms with Gasteiger partial charge in [0.05, 0.1) is 12.1 Å². The van der Waals surface area contributed by atoms with E-state index in [4.69, 9.17) is 0 Å². The van der Waals surface area contributed by atoms with Gasteiger partial charge in [-0.15, -0.1) is 11.3 Å². The van der Waals surface area contributed by atoms with E-state index in [1.54, 1.807) is 0 Å². The molecule has 1 saturated carbocycles. The molecular weight excluding hydrogens is 282 g/mol. The number of rotatable bonds is 5. The van der Waals surface area contributed by atoms with Crippen LogP contribution in [0.4, 0.5) is 0 Å². The average molecular weight is 305 g/mol. The number of nitrogens with one attached hydrogen (secondary N) is 2. The van der Waals surface area contributed by atoms with Crippen LogP contribution >= 0.6 is 11.3 Å². The fourth-order valence-corrected chi connectivity index (χ4v) is 3.86. The SMILES string of the molecule is CC1CCC(CCNCc2nc3ccsc3c(=O)[nH]2)CC1. The fourth-order valence-electron chi connectivity index (χ4n) is 3.14. The number of fused-ring (bicyclic) bond motifs is 1. The Hall–Kier alpha value is -1.20. The molecule has 0 spiro atoms. The van der Waals surface area contributed by atoms with Crippen molar-refractivity contribution in [3.05, 3.63) is 27.6 Å². The van der Waals surface area contributed by atoms with Crippen molar-refractivity contribution < 1.29 is 0 Å². The number of thiophene rings is 1. The van der Waals surface area contributed by atoms with Crippen LogP contribution in [0.1, 0.15) is 44.9 Å². The minimum atomic E-state index is -0.0203. The molecule has 114 valence electrons. The Bertz CT molecular complexity index is 640. The Morgan fingerprint density at radius 1 is 1.38 bits per heavy atom. The maximum Gasteiger partial charge on any atom is 0.268 e. The topological polar surface area (TPSA) is 57.8 Å². The summed E-state index contributed by atoms with van der Waals surface area (Å²) in [5.74, 6) is 2.53. The maximum absolute atomic E-state index is 11.9. The molecule has 1 aliphatic carbocycles. The number of aromatic amines is 1. The molecule has 2 heterocycles. The van der Waals surface area contributed by atoms with Crippen LogP contribution in [0.15, 0.2) is 16.2 Å². The first kappa shape index (κ1) is 14.7. The fraction of sp³-hybridized carbons (Fsp3) is 0.625. The Balaban J connectivity index is 1.47. The van der Waals surface area contributed by atoms with Gasteiger partial charge >= 0.3 is 0 Å². The third-order valence-corrected chi connectivity index (χ3v) is 5.42. The lowest BCUT2D eigenvalue weighted by Crippen LogP contribution is -2.23. The van der Waals surface area contributed by atoms with Gasteiger partial charge in [-0.2, -0.15) is 0 Å². The van der Waals surface area contributed by atoms with Gasteiger partial charge in [-0.25, -0.2) is 4.98 Å². The molecule has 5 heteroatoms. The maximum atomic E-state index is 11.9. The number of nitrogens with zero attached hydrogens (tertiary/aromatic N) is 1. The molecule has 4 nitrogen and oxygen atoms in total. The Labute approximate surface area is 129 Å². The van der Waals surface area contributed by atoms with Crippen LogP contribution in [-0.2, 0) is 6.54 Å². The molecule has 0 radical (unpaired) electrons. The first-order chi connectivity index (χ1) is 10.2. The number of hydrogen-bond donors (Lipinski definition) is 2. The van der Waals surface area contributed by atoms with Crippen molar-refractivity contribution in [3.8, 4) is 0 Å². The average Bonchev–Trinajstić information content (AvgIpc) is 2.94. The van der Waals surface area contributed by atoms with Gasteiger partial charge in [0.25, 0.3) is 5.56 Å². The summed E-state index contributed by atoms with van der Waals surface area (Å²) in [7, 11) is 0. The zero-order valence-electron chi connectivity index (χ0n) is 12.5. The van der Waals surface area contributed by atoms with E-state index in [0.717, 1.165) is 34.4 Å². The third-order valence-electron chi connectivity index (χ3n) is 4.52. The van der Waals surface area contributed by atoms with E-state index in [9.17, 15) is 4.79 Å². The second kappa shape index (κ2) is 6.71.